The summed E-state index contributed by atoms with van der Waals surface area (Å²) in [5.74, 6) is -3.01. The molecule has 0 aliphatic heterocycles. The molecule has 0 aromatic heterocycles. The first-order valence-electron chi connectivity index (χ1n) is 5.80. The lowest BCUT2D eigenvalue weighted by molar-refractivity contribution is -0.143. The van der Waals surface area contributed by atoms with E-state index in [0.29, 0.717) is 6.42 Å². The molecule has 0 radical (unpaired) electrons. The Morgan fingerprint density at radius 2 is 1.83 bits per heavy atom. The highest BCUT2D eigenvalue weighted by Gasteiger charge is 2.25. The quantitative estimate of drug-likeness (QED) is 0.478. The Bertz CT molecular complexity index is 319. The van der Waals surface area contributed by atoms with E-state index in [4.69, 9.17) is 15.9 Å². The van der Waals surface area contributed by atoms with Gasteiger partial charge in [0.1, 0.15) is 6.04 Å². The summed E-state index contributed by atoms with van der Waals surface area (Å²) in [6.07, 6.45) is 0.209. The van der Waals surface area contributed by atoms with Gasteiger partial charge >= 0.3 is 11.9 Å². The fraction of sp³-hybridized carbons (Fsp3) is 0.727. The van der Waals surface area contributed by atoms with Crippen LogP contribution < -0.4 is 11.1 Å². The van der Waals surface area contributed by atoms with Gasteiger partial charge in [-0.05, 0) is 12.3 Å². The van der Waals surface area contributed by atoms with Crippen molar-refractivity contribution in [1.29, 1.82) is 0 Å². The van der Waals surface area contributed by atoms with Crippen LogP contribution in [-0.2, 0) is 14.4 Å². The number of hydrogen-bond donors (Lipinski definition) is 4. The molecule has 0 fully saturated rings. The number of carboxylic acid groups (broad SMARTS) is 2. The first-order chi connectivity index (χ1) is 8.29. The van der Waals surface area contributed by atoms with Gasteiger partial charge in [0, 0.05) is 6.42 Å². The lowest BCUT2D eigenvalue weighted by atomic mass is 9.99. The van der Waals surface area contributed by atoms with E-state index in [1.807, 2.05) is 6.92 Å². The van der Waals surface area contributed by atoms with Gasteiger partial charge in [0.05, 0.1) is 6.04 Å². The van der Waals surface area contributed by atoms with Crippen LogP contribution in [0, 0.1) is 5.92 Å². The Labute approximate surface area is 105 Å². The second kappa shape index (κ2) is 7.65. The molecule has 3 atom stereocenters. The summed E-state index contributed by atoms with van der Waals surface area (Å²) in [5, 5.41) is 19.6. The van der Waals surface area contributed by atoms with E-state index < -0.39 is 29.9 Å². The Kier molecular flexibility index (Phi) is 6.96. The van der Waals surface area contributed by atoms with E-state index >= 15 is 0 Å². The molecule has 104 valence electrons. The van der Waals surface area contributed by atoms with Gasteiger partial charge in [-0.1, -0.05) is 20.3 Å². The molecule has 0 bridgehead atoms. The maximum Gasteiger partial charge on any atom is 0.326 e. The molecule has 0 saturated heterocycles. The van der Waals surface area contributed by atoms with Crippen LogP contribution in [0.1, 0.15) is 33.1 Å². The summed E-state index contributed by atoms with van der Waals surface area (Å²) in [7, 11) is 0. The van der Waals surface area contributed by atoms with E-state index in [1.54, 1.807) is 6.92 Å². The van der Waals surface area contributed by atoms with Crippen molar-refractivity contribution in [2.75, 3.05) is 0 Å². The third-order valence-corrected chi connectivity index (χ3v) is 2.82. The van der Waals surface area contributed by atoms with Crippen LogP contribution in [0.25, 0.3) is 0 Å². The number of carbonyl (C=O) groups is 3. The molecule has 0 aliphatic rings. The van der Waals surface area contributed by atoms with E-state index in [1.165, 1.54) is 0 Å². The van der Waals surface area contributed by atoms with Gasteiger partial charge < -0.3 is 21.3 Å². The van der Waals surface area contributed by atoms with Crippen LogP contribution in [0.5, 0.6) is 0 Å². The largest absolute Gasteiger partial charge is 0.481 e. The molecule has 1 amide bonds. The van der Waals surface area contributed by atoms with Crippen LogP contribution in [0.4, 0.5) is 0 Å². The van der Waals surface area contributed by atoms with Crippen molar-refractivity contribution in [3.05, 3.63) is 0 Å². The number of nitrogens with one attached hydrogen (secondary N) is 1. The maximum absolute atomic E-state index is 11.7. The van der Waals surface area contributed by atoms with Crippen molar-refractivity contribution in [3.63, 3.8) is 0 Å². The number of carbonyl (C=O) groups excluding carboxylic acids is 1. The van der Waals surface area contributed by atoms with Gasteiger partial charge in [0.2, 0.25) is 5.91 Å². The molecule has 0 heterocycles. The second-order valence-electron chi connectivity index (χ2n) is 4.24. The summed E-state index contributed by atoms with van der Waals surface area (Å²) in [6, 6.07) is -2.01. The minimum atomic E-state index is -1.26. The van der Waals surface area contributed by atoms with Crippen molar-refractivity contribution in [2.24, 2.45) is 11.7 Å². The van der Waals surface area contributed by atoms with E-state index in [2.05, 4.69) is 5.32 Å². The highest BCUT2D eigenvalue weighted by atomic mass is 16.4. The molecule has 0 aliphatic carbocycles. The second-order valence-corrected chi connectivity index (χ2v) is 4.24. The highest BCUT2D eigenvalue weighted by molar-refractivity contribution is 5.87. The molecule has 1 unspecified atom stereocenters. The van der Waals surface area contributed by atoms with Gasteiger partial charge in [0.15, 0.2) is 0 Å². The predicted octanol–water partition coefficient (Wildman–Crippen LogP) is -0.206. The van der Waals surface area contributed by atoms with Crippen LogP contribution in [0.15, 0.2) is 0 Å². The molecular weight excluding hydrogens is 240 g/mol. The minimum absolute atomic E-state index is 0.0704. The zero-order valence-electron chi connectivity index (χ0n) is 10.5. The van der Waals surface area contributed by atoms with Gasteiger partial charge in [-0.3, -0.25) is 9.59 Å². The molecular formula is C11H20N2O5. The Hall–Kier alpha value is -1.63. The van der Waals surface area contributed by atoms with Crippen molar-refractivity contribution in [2.45, 2.75) is 45.2 Å². The smallest absolute Gasteiger partial charge is 0.326 e. The van der Waals surface area contributed by atoms with Gasteiger partial charge in [-0.2, -0.15) is 0 Å². The zero-order chi connectivity index (χ0) is 14.3. The van der Waals surface area contributed by atoms with Crippen molar-refractivity contribution < 1.29 is 24.6 Å². The number of amides is 1. The fourth-order valence-corrected chi connectivity index (χ4v) is 1.31. The summed E-state index contributed by atoms with van der Waals surface area (Å²) in [6.45, 7) is 3.66. The van der Waals surface area contributed by atoms with Crippen LogP contribution >= 0.6 is 0 Å². The van der Waals surface area contributed by atoms with Crippen molar-refractivity contribution in [1.82, 2.24) is 5.32 Å². The monoisotopic (exact) mass is 260 g/mol. The van der Waals surface area contributed by atoms with E-state index in [0.717, 1.165) is 0 Å². The molecule has 0 saturated carbocycles. The number of aliphatic carboxylic acids is 2. The summed E-state index contributed by atoms with van der Waals surface area (Å²) in [4.78, 5) is 32.9. The number of rotatable bonds is 8. The average Bonchev–Trinajstić information content (AvgIpc) is 2.31. The molecule has 7 heteroatoms. The maximum atomic E-state index is 11.7. The van der Waals surface area contributed by atoms with Gasteiger partial charge in [-0.25, -0.2) is 4.79 Å². The predicted molar refractivity (Wildman–Crippen MR) is 63.9 cm³/mol. The Balaban J connectivity index is 4.45. The third kappa shape index (κ3) is 5.62. The highest BCUT2D eigenvalue weighted by Crippen LogP contribution is 2.06. The molecule has 0 spiro atoms. The zero-order valence-corrected chi connectivity index (χ0v) is 10.5. The lowest BCUT2D eigenvalue weighted by Gasteiger charge is -2.20. The van der Waals surface area contributed by atoms with Crippen molar-refractivity contribution >= 4 is 17.8 Å². The standard InChI is InChI=1S/C11H20N2O5/c1-3-6(2)9(12)10(16)13-7(11(17)18)4-5-8(14)15/h6-7,9H,3-5,12H2,1-2H3,(H,13,16)(H,14,15)(H,17,18)/t6-,7?,9-/m0/s1. The van der Waals surface area contributed by atoms with E-state index in [9.17, 15) is 14.4 Å². The van der Waals surface area contributed by atoms with Gasteiger partial charge in [0.25, 0.3) is 0 Å². The molecule has 0 aromatic carbocycles. The normalized spacial score (nSPS) is 15.5. The Morgan fingerprint density at radius 3 is 2.22 bits per heavy atom. The number of nitrogens with two attached hydrogens (primary N) is 1. The first-order valence-corrected chi connectivity index (χ1v) is 5.80. The fourth-order valence-electron chi connectivity index (χ4n) is 1.31. The molecule has 7 nitrogen and oxygen atoms in total. The minimum Gasteiger partial charge on any atom is -0.481 e. The van der Waals surface area contributed by atoms with E-state index in [-0.39, 0.29) is 18.8 Å². The molecule has 0 rings (SSSR count). The summed E-state index contributed by atoms with van der Waals surface area (Å²) in [5.41, 5.74) is 5.65. The molecule has 18 heavy (non-hydrogen) atoms. The molecule has 0 aromatic rings. The summed E-state index contributed by atoms with van der Waals surface area (Å²) < 4.78 is 0. The first kappa shape index (κ1) is 16.4. The van der Waals surface area contributed by atoms with Crippen LogP contribution in [-0.4, -0.2) is 40.1 Å². The van der Waals surface area contributed by atoms with Gasteiger partial charge in [-0.15, -0.1) is 0 Å². The van der Waals surface area contributed by atoms with Crippen LogP contribution in [0.2, 0.25) is 0 Å². The number of hydrogen-bond acceptors (Lipinski definition) is 4. The summed E-state index contributed by atoms with van der Waals surface area (Å²) >= 11 is 0. The topological polar surface area (TPSA) is 130 Å². The average molecular weight is 260 g/mol. The lowest BCUT2D eigenvalue weighted by Crippen LogP contribution is -2.50. The SMILES string of the molecule is CC[C@H](C)[C@H](N)C(=O)NC(CCC(=O)O)C(=O)O. The molecule has 5 N–H and O–H groups in total. The Morgan fingerprint density at radius 1 is 1.28 bits per heavy atom. The number of carboxylic acids is 2. The third-order valence-electron chi connectivity index (χ3n) is 2.82. The van der Waals surface area contributed by atoms with Crippen molar-refractivity contribution in [3.8, 4) is 0 Å². The van der Waals surface area contributed by atoms with Crippen LogP contribution in [0.3, 0.4) is 0 Å².